The van der Waals surface area contributed by atoms with Gasteiger partial charge in [0, 0.05) is 31.4 Å². The number of para-hydroxylation sites is 2. The Kier molecular flexibility index (Phi) is 7.48. The molecule has 0 aliphatic carbocycles. The van der Waals surface area contributed by atoms with E-state index in [2.05, 4.69) is 25.9 Å². The Balaban J connectivity index is 1.72. The molecule has 3 N–H and O–H groups in total. The number of hydrogen-bond donors (Lipinski definition) is 3. The van der Waals surface area contributed by atoms with Crippen LogP contribution < -0.4 is 25.4 Å². The average molecular weight is 359 g/mol. The maximum atomic E-state index is 11.9. The van der Waals surface area contributed by atoms with E-state index in [-0.39, 0.29) is 12.5 Å². The van der Waals surface area contributed by atoms with E-state index in [4.69, 9.17) is 9.47 Å². The Labute approximate surface area is 153 Å². The molecule has 0 fully saturated rings. The van der Waals surface area contributed by atoms with Crippen molar-refractivity contribution in [3.63, 3.8) is 0 Å². The molecule has 0 radical (unpaired) electrons. The van der Waals surface area contributed by atoms with Gasteiger partial charge < -0.3 is 25.4 Å². The number of aromatic nitrogens is 2. The molecule has 1 heterocycles. The topological polar surface area (TPSA) is 97.4 Å². The van der Waals surface area contributed by atoms with Gasteiger partial charge in [-0.05, 0) is 26.0 Å². The van der Waals surface area contributed by atoms with Crippen molar-refractivity contribution in [2.45, 2.75) is 13.8 Å². The fourth-order valence-electron chi connectivity index (χ4n) is 2.23. The zero-order valence-corrected chi connectivity index (χ0v) is 15.3. The first kappa shape index (κ1) is 19.3. The van der Waals surface area contributed by atoms with Crippen LogP contribution >= 0.6 is 0 Å². The molecular weight excluding hydrogens is 334 g/mol. The minimum Gasteiger partial charge on any atom is -0.493 e. The van der Waals surface area contributed by atoms with E-state index in [0.717, 1.165) is 18.1 Å². The third-order valence-electron chi connectivity index (χ3n) is 3.37. The number of carbonyl (C=O) groups is 1. The van der Waals surface area contributed by atoms with Crippen LogP contribution in [0.4, 0.5) is 11.8 Å². The maximum Gasteiger partial charge on any atom is 0.258 e. The molecule has 0 atom stereocenters. The third-order valence-corrected chi connectivity index (χ3v) is 3.37. The molecule has 26 heavy (non-hydrogen) atoms. The molecular formula is C18H25N5O3. The van der Waals surface area contributed by atoms with Crippen LogP contribution in [0.5, 0.6) is 11.5 Å². The fourth-order valence-corrected chi connectivity index (χ4v) is 2.23. The highest BCUT2D eigenvalue weighted by molar-refractivity contribution is 5.77. The summed E-state index contributed by atoms with van der Waals surface area (Å²) in [6, 6.07) is 9.08. The van der Waals surface area contributed by atoms with Crippen molar-refractivity contribution in [2.24, 2.45) is 0 Å². The molecule has 0 aliphatic rings. The lowest BCUT2D eigenvalue weighted by Crippen LogP contribution is -2.33. The summed E-state index contributed by atoms with van der Waals surface area (Å²) in [5, 5.41) is 9.02. The number of nitrogens with one attached hydrogen (secondary N) is 3. The van der Waals surface area contributed by atoms with Crippen molar-refractivity contribution < 1.29 is 14.3 Å². The number of benzene rings is 1. The molecule has 0 saturated carbocycles. The summed E-state index contributed by atoms with van der Waals surface area (Å²) in [5.74, 6) is 2.22. The molecule has 1 aromatic carbocycles. The van der Waals surface area contributed by atoms with E-state index < -0.39 is 0 Å². The summed E-state index contributed by atoms with van der Waals surface area (Å²) >= 11 is 0. The van der Waals surface area contributed by atoms with Crippen molar-refractivity contribution in [1.82, 2.24) is 15.3 Å². The minimum absolute atomic E-state index is 0.0775. The lowest BCUT2D eigenvalue weighted by atomic mass is 10.3. The van der Waals surface area contributed by atoms with Gasteiger partial charge in [-0.2, -0.15) is 4.98 Å². The average Bonchev–Trinajstić information content (AvgIpc) is 2.63. The number of methoxy groups -OCH3 is 1. The van der Waals surface area contributed by atoms with Gasteiger partial charge in [0.1, 0.15) is 5.82 Å². The predicted octanol–water partition coefficient (Wildman–Crippen LogP) is 1.83. The minimum atomic E-state index is -0.212. The van der Waals surface area contributed by atoms with Gasteiger partial charge in [0.2, 0.25) is 5.95 Å². The zero-order chi connectivity index (χ0) is 18.8. The molecule has 0 spiro atoms. The normalized spacial score (nSPS) is 10.1. The van der Waals surface area contributed by atoms with E-state index in [1.807, 2.05) is 32.0 Å². The molecule has 0 bridgehead atoms. The summed E-state index contributed by atoms with van der Waals surface area (Å²) < 4.78 is 10.6. The van der Waals surface area contributed by atoms with Crippen LogP contribution in [0.3, 0.4) is 0 Å². The van der Waals surface area contributed by atoms with E-state index >= 15 is 0 Å². The number of hydrogen-bond acceptors (Lipinski definition) is 7. The summed E-state index contributed by atoms with van der Waals surface area (Å²) in [7, 11) is 1.56. The zero-order valence-electron chi connectivity index (χ0n) is 15.3. The Morgan fingerprint density at radius 1 is 1.12 bits per heavy atom. The SMILES string of the molecule is CCNc1cc(C)nc(NCCNC(=O)COc2ccccc2OC)n1. The standard InChI is InChI=1S/C18H25N5O3/c1-4-19-16-11-13(2)22-18(23-16)21-10-9-20-17(24)12-26-15-8-6-5-7-14(15)25-3/h5-8,11H,4,9-10,12H2,1-3H3,(H,20,24)(H2,19,21,22,23). The van der Waals surface area contributed by atoms with Gasteiger partial charge in [-0.1, -0.05) is 12.1 Å². The highest BCUT2D eigenvalue weighted by Crippen LogP contribution is 2.25. The van der Waals surface area contributed by atoms with Crippen LogP contribution in [0.25, 0.3) is 0 Å². The molecule has 2 rings (SSSR count). The second-order valence-electron chi connectivity index (χ2n) is 5.46. The molecule has 140 valence electrons. The maximum absolute atomic E-state index is 11.9. The smallest absolute Gasteiger partial charge is 0.258 e. The van der Waals surface area contributed by atoms with Crippen LogP contribution in [0, 0.1) is 6.92 Å². The lowest BCUT2D eigenvalue weighted by Gasteiger charge is -2.11. The van der Waals surface area contributed by atoms with Crippen LogP contribution in [0.1, 0.15) is 12.6 Å². The first-order chi connectivity index (χ1) is 12.6. The van der Waals surface area contributed by atoms with Crippen molar-refractivity contribution in [3.8, 4) is 11.5 Å². The van der Waals surface area contributed by atoms with E-state index in [0.29, 0.717) is 30.5 Å². The Morgan fingerprint density at radius 3 is 2.62 bits per heavy atom. The molecule has 0 saturated heterocycles. The Hall–Kier alpha value is -3.03. The predicted molar refractivity (Wildman–Crippen MR) is 101 cm³/mol. The van der Waals surface area contributed by atoms with Crippen LogP contribution in [0.15, 0.2) is 30.3 Å². The number of amides is 1. The van der Waals surface area contributed by atoms with Crippen molar-refractivity contribution in [2.75, 3.05) is 44.0 Å². The van der Waals surface area contributed by atoms with Crippen LogP contribution in [0.2, 0.25) is 0 Å². The summed E-state index contributed by atoms with van der Waals surface area (Å²) in [4.78, 5) is 20.5. The van der Waals surface area contributed by atoms with E-state index in [1.165, 1.54) is 0 Å². The van der Waals surface area contributed by atoms with Gasteiger partial charge in [-0.3, -0.25) is 4.79 Å². The Bertz CT molecular complexity index is 724. The molecule has 8 nitrogen and oxygen atoms in total. The summed E-state index contributed by atoms with van der Waals surface area (Å²) in [5.41, 5.74) is 0.868. The first-order valence-electron chi connectivity index (χ1n) is 8.48. The monoisotopic (exact) mass is 359 g/mol. The van der Waals surface area contributed by atoms with Crippen molar-refractivity contribution >= 4 is 17.7 Å². The van der Waals surface area contributed by atoms with Crippen LogP contribution in [-0.2, 0) is 4.79 Å². The number of nitrogens with zero attached hydrogens (tertiary/aromatic N) is 2. The second-order valence-corrected chi connectivity index (χ2v) is 5.46. The summed E-state index contributed by atoms with van der Waals surface area (Å²) in [6.45, 7) is 5.57. The molecule has 0 aliphatic heterocycles. The van der Waals surface area contributed by atoms with Gasteiger partial charge in [0.15, 0.2) is 18.1 Å². The number of ether oxygens (including phenoxy) is 2. The molecule has 0 unspecified atom stereocenters. The van der Waals surface area contributed by atoms with Gasteiger partial charge in [0.05, 0.1) is 7.11 Å². The number of carbonyl (C=O) groups excluding carboxylic acids is 1. The highest BCUT2D eigenvalue weighted by Gasteiger charge is 2.06. The lowest BCUT2D eigenvalue weighted by molar-refractivity contribution is -0.123. The highest BCUT2D eigenvalue weighted by atomic mass is 16.5. The third kappa shape index (κ3) is 6.12. The number of anilines is 2. The number of aryl methyl sites for hydroxylation is 1. The van der Waals surface area contributed by atoms with E-state index in [9.17, 15) is 4.79 Å². The molecule has 1 aromatic heterocycles. The van der Waals surface area contributed by atoms with E-state index in [1.54, 1.807) is 19.2 Å². The fraction of sp³-hybridized carbons (Fsp3) is 0.389. The quantitative estimate of drug-likeness (QED) is 0.557. The van der Waals surface area contributed by atoms with Crippen molar-refractivity contribution in [3.05, 3.63) is 36.0 Å². The largest absolute Gasteiger partial charge is 0.493 e. The van der Waals surface area contributed by atoms with Crippen molar-refractivity contribution in [1.29, 1.82) is 0 Å². The molecule has 8 heteroatoms. The second kappa shape index (κ2) is 10.1. The van der Waals surface area contributed by atoms with Crippen LogP contribution in [-0.4, -0.2) is 49.2 Å². The molecule has 1 amide bonds. The molecule has 2 aromatic rings. The van der Waals surface area contributed by atoms with Gasteiger partial charge in [0.25, 0.3) is 5.91 Å². The summed E-state index contributed by atoms with van der Waals surface area (Å²) in [6.07, 6.45) is 0. The number of rotatable bonds is 10. The van der Waals surface area contributed by atoms with Gasteiger partial charge >= 0.3 is 0 Å². The van der Waals surface area contributed by atoms with Gasteiger partial charge in [-0.15, -0.1) is 0 Å². The Morgan fingerprint density at radius 2 is 1.88 bits per heavy atom. The first-order valence-corrected chi connectivity index (χ1v) is 8.48. The van der Waals surface area contributed by atoms with Gasteiger partial charge in [-0.25, -0.2) is 4.98 Å².